The van der Waals surface area contributed by atoms with Crippen LogP contribution in [0.15, 0.2) is 47.8 Å². The van der Waals surface area contributed by atoms with Crippen molar-refractivity contribution >= 4 is 22.9 Å². The van der Waals surface area contributed by atoms with E-state index in [4.69, 9.17) is 0 Å². The number of amides is 1. The highest BCUT2D eigenvalue weighted by molar-refractivity contribution is 7.09. The number of piperazine rings is 1. The highest BCUT2D eigenvalue weighted by Gasteiger charge is 2.25. The predicted octanol–water partition coefficient (Wildman–Crippen LogP) is 2.89. The number of para-hydroxylation sites is 1. The maximum Gasteiger partial charge on any atom is 0.241 e. The van der Waals surface area contributed by atoms with Crippen LogP contribution in [0.1, 0.15) is 11.8 Å². The number of hydrogen-bond acceptors (Lipinski definition) is 4. The summed E-state index contributed by atoms with van der Waals surface area (Å²) >= 11 is 1.81. The minimum Gasteiger partial charge on any atom is -0.325 e. The first-order chi connectivity index (χ1) is 11.2. The molecule has 2 heterocycles. The number of benzene rings is 1. The summed E-state index contributed by atoms with van der Waals surface area (Å²) in [5.41, 5.74) is 0.862. The quantitative estimate of drug-likeness (QED) is 0.916. The first-order valence-corrected chi connectivity index (χ1v) is 8.95. The molecule has 5 heteroatoms. The molecule has 4 nitrogen and oxygen atoms in total. The van der Waals surface area contributed by atoms with E-state index in [2.05, 4.69) is 32.6 Å². The van der Waals surface area contributed by atoms with Gasteiger partial charge >= 0.3 is 0 Å². The van der Waals surface area contributed by atoms with Crippen LogP contribution in [0.2, 0.25) is 0 Å². The zero-order valence-corrected chi connectivity index (χ0v) is 14.3. The first kappa shape index (κ1) is 16.2. The van der Waals surface area contributed by atoms with Gasteiger partial charge in [-0.1, -0.05) is 24.3 Å². The Labute approximate surface area is 141 Å². The lowest BCUT2D eigenvalue weighted by molar-refractivity contribution is -0.121. The van der Waals surface area contributed by atoms with Crippen molar-refractivity contribution in [2.45, 2.75) is 19.5 Å². The van der Waals surface area contributed by atoms with Gasteiger partial charge in [0.25, 0.3) is 0 Å². The van der Waals surface area contributed by atoms with Gasteiger partial charge in [-0.15, -0.1) is 11.3 Å². The molecule has 0 aliphatic carbocycles. The summed E-state index contributed by atoms with van der Waals surface area (Å²) in [6.07, 6.45) is 0. The Balaban J connectivity index is 1.47. The summed E-state index contributed by atoms with van der Waals surface area (Å²) in [4.78, 5) is 18.5. The summed E-state index contributed by atoms with van der Waals surface area (Å²) in [5, 5.41) is 5.12. The molecule has 3 rings (SSSR count). The maximum absolute atomic E-state index is 12.4. The average Bonchev–Trinajstić information content (AvgIpc) is 3.09. The van der Waals surface area contributed by atoms with E-state index in [1.165, 1.54) is 4.88 Å². The monoisotopic (exact) mass is 329 g/mol. The van der Waals surface area contributed by atoms with Crippen molar-refractivity contribution in [2.75, 3.05) is 31.5 Å². The Bertz CT molecular complexity index is 606. The molecule has 1 atom stereocenters. The number of rotatable bonds is 5. The van der Waals surface area contributed by atoms with Crippen molar-refractivity contribution in [1.82, 2.24) is 9.80 Å². The van der Waals surface area contributed by atoms with Crippen molar-refractivity contribution < 1.29 is 4.79 Å². The Hall–Kier alpha value is -1.69. The van der Waals surface area contributed by atoms with Crippen molar-refractivity contribution in [1.29, 1.82) is 0 Å². The predicted molar refractivity (Wildman–Crippen MR) is 95.7 cm³/mol. The van der Waals surface area contributed by atoms with E-state index in [-0.39, 0.29) is 11.9 Å². The molecule has 0 bridgehead atoms. The highest BCUT2D eigenvalue weighted by Crippen LogP contribution is 2.15. The molecule has 0 spiro atoms. The summed E-state index contributed by atoms with van der Waals surface area (Å²) < 4.78 is 0. The minimum absolute atomic E-state index is 0.0721. The third kappa shape index (κ3) is 4.41. The van der Waals surface area contributed by atoms with Gasteiger partial charge in [0.2, 0.25) is 5.91 Å². The van der Waals surface area contributed by atoms with Crippen molar-refractivity contribution in [2.24, 2.45) is 0 Å². The molecule has 23 heavy (non-hydrogen) atoms. The van der Waals surface area contributed by atoms with Gasteiger partial charge in [-0.3, -0.25) is 14.6 Å². The van der Waals surface area contributed by atoms with Crippen LogP contribution in [0.25, 0.3) is 0 Å². The molecule has 1 aromatic carbocycles. The van der Waals surface area contributed by atoms with E-state index in [0.717, 1.165) is 38.4 Å². The zero-order chi connectivity index (χ0) is 16.1. The van der Waals surface area contributed by atoms with Crippen LogP contribution in [0, 0.1) is 0 Å². The van der Waals surface area contributed by atoms with Crippen LogP contribution in [-0.4, -0.2) is 47.9 Å². The fourth-order valence-corrected chi connectivity index (χ4v) is 3.61. The molecule has 0 saturated carbocycles. The van der Waals surface area contributed by atoms with Crippen molar-refractivity contribution in [3.05, 3.63) is 52.7 Å². The molecule has 1 aliphatic rings. The molecule has 1 aliphatic heterocycles. The molecule has 0 unspecified atom stereocenters. The largest absolute Gasteiger partial charge is 0.325 e. The van der Waals surface area contributed by atoms with Crippen LogP contribution >= 0.6 is 11.3 Å². The number of carbonyl (C=O) groups excluding carboxylic acids is 1. The Morgan fingerprint density at radius 1 is 1.13 bits per heavy atom. The molecule has 1 fully saturated rings. The van der Waals surface area contributed by atoms with Crippen LogP contribution < -0.4 is 5.32 Å². The Morgan fingerprint density at radius 3 is 2.52 bits per heavy atom. The number of hydrogen-bond donors (Lipinski definition) is 1. The van der Waals surface area contributed by atoms with Gasteiger partial charge in [-0.2, -0.15) is 0 Å². The third-order valence-electron chi connectivity index (χ3n) is 4.33. The van der Waals surface area contributed by atoms with Gasteiger partial charge in [0.1, 0.15) is 0 Å². The topological polar surface area (TPSA) is 35.6 Å². The van der Waals surface area contributed by atoms with E-state index >= 15 is 0 Å². The Kier molecular flexibility index (Phi) is 5.43. The highest BCUT2D eigenvalue weighted by atomic mass is 32.1. The fourth-order valence-electron chi connectivity index (χ4n) is 2.87. The van der Waals surface area contributed by atoms with Gasteiger partial charge in [0.05, 0.1) is 6.04 Å². The summed E-state index contributed by atoms with van der Waals surface area (Å²) in [7, 11) is 0. The summed E-state index contributed by atoms with van der Waals surface area (Å²) in [5.74, 6) is 0.0721. The van der Waals surface area contributed by atoms with Gasteiger partial charge in [0, 0.05) is 43.3 Å². The van der Waals surface area contributed by atoms with E-state index in [1.54, 1.807) is 0 Å². The number of nitrogens with zero attached hydrogens (tertiary/aromatic N) is 2. The number of anilines is 1. The fraction of sp³-hybridized carbons (Fsp3) is 0.389. The lowest BCUT2D eigenvalue weighted by Crippen LogP contribution is -2.52. The molecule has 1 aromatic heterocycles. The number of carbonyl (C=O) groups is 1. The smallest absolute Gasteiger partial charge is 0.241 e. The molecule has 1 saturated heterocycles. The van der Waals surface area contributed by atoms with Gasteiger partial charge in [-0.05, 0) is 30.5 Å². The number of thiophene rings is 1. The average molecular weight is 329 g/mol. The molecular formula is C18H23N3OS. The first-order valence-electron chi connectivity index (χ1n) is 8.07. The lowest BCUT2D eigenvalue weighted by atomic mass is 10.2. The van der Waals surface area contributed by atoms with E-state index < -0.39 is 0 Å². The van der Waals surface area contributed by atoms with Crippen LogP contribution in [-0.2, 0) is 11.3 Å². The van der Waals surface area contributed by atoms with Crippen LogP contribution in [0.4, 0.5) is 5.69 Å². The van der Waals surface area contributed by atoms with Gasteiger partial charge in [0.15, 0.2) is 0 Å². The van der Waals surface area contributed by atoms with Gasteiger partial charge in [-0.25, -0.2) is 0 Å². The molecule has 1 amide bonds. The normalized spacial score (nSPS) is 17.8. The summed E-state index contributed by atoms with van der Waals surface area (Å²) in [6.45, 7) is 6.93. The van der Waals surface area contributed by atoms with Gasteiger partial charge < -0.3 is 5.32 Å². The van der Waals surface area contributed by atoms with E-state index in [9.17, 15) is 4.79 Å². The molecular weight excluding hydrogens is 306 g/mol. The second-order valence-electron chi connectivity index (χ2n) is 5.92. The third-order valence-corrected chi connectivity index (χ3v) is 5.20. The van der Waals surface area contributed by atoms with E-state index in [0.29, 0.717) is 0 Å². The SMILES string of the molecule is C[C@@H](C(=O)Nc1ccccc1)N1CCN(Cc2cccs2)CC1. The zero-order valence-electron chi connectivity index (χ0n) is 13.4. The van der Waals surface area contributed by atoms with Crippen molar-refractivity contribution in [3.63, 3.8) is 0 Å². The molecule has 0 radical (unpaired) electrons. The second-order valence-corrected chi connectivity index (χ2v) is 6.95. The maximum atomic E-state index is 12.4. The van der Waals surface area contributed by atoms with Crippen LogP contribution in [0.5, 0.6) is 0 Å². The van der Waals surface area contributed by atoms with Crippen molar-refractivity contribution in [3.8, 4) is 0 Å². The van der Waals surface area contributed by atoms with E-state index in [1.807, 2.05) is 48.6 Å². The molecule has 122 valence electrons. The Morgan fingerprint density at radius 2 is 1.87 bits per heavy atom. The second kappa shape index (κ2) is 7.73. The van der Waals surface area contributed by atoms with Crippen LogP contribution in [0.3, 0.4) is 0 Å². The lowest BCUT2D eigenvalue weighted by Gasteiger charge is -2.37. The molecule has 2 aromatic rings. The summed E-state index contributed by atoms with van der Waals surface area (Å²) in [6, 6.07) is 13.9. The minimum atomic E-state index is -0.0981. The number of nitrogens with one attached hydrogen (secondary N) is 1. The molecule has 1 N–H and O–H groups in total. The standard InChI is InChI=1S/C18H23N3OS/c1-15(18(22)19-16-6-3-2-4-7-16)21-11-9-20(10-12-21)14-17-8-5-13-23-17/h2-8,13,15H,9-12,14H2,1H3,(H,19,22)/t15-/m0/s1.